The number of carbonyl (C=O) groups excluding carboxylic acids is 1. The minimum Gasteiger partial charge on any atom is -0.382 e. The summed E-state index contributed by atoms with van der Waals surface area (Å²) in [6, 6.07) is 13.2. The Morgan fingerprint density at radius 2 is 1.75 bits per heavy atom. The highest BCUT2D eigenvalue weighted by Crippen LogP contribution is 2.43. The first-order valence-corrected chi connectivity index (χ1v) is 13.4. The summed E-state index contributed by atoms with van der Waals surface area (Å²) in [4.78, 5) is 19.7. The molecule has 4 aromatic rings. The molecule has 0 unspecified atom stereocenters. The summed E-state index contributed by atoms with van der Waals surface area (Å²) in [6.45, 7) is 7.70. The topological polar surface area (TPSA) is 101 Å². The van der Waals surface area contributed by atoms with Gasteiger partial charge in [-0.3, -0.25) is 0 Å². The predicted octanol–water partition coefficient (Wildman–Crippen LogP) is 6.56. The van der Waals surface area contributed by atoms with Crippen molar-refractivity contribution >= 4 is 34.3 Å². The number of likely N-dealkylation sites (N-methyl/N-ethyl adjacent to an activating group) is 1. The van der Waals surface area contributed by atoms with Crippen LogP contribution in [0.1, 0.15) is 43.9 Å². The number of nitrogens with two attached hydrogens (primary N) is 1. The van der Waals surface area contributed by atoms with Crippen LogP contribution in [0.4, 0.5) is 35.2 Å². The largest absolute Gasteiger partial charge is 0.416 e. The van der Waals surface area contributed by atoms with E-state index in [1.807, 2.05) is 16.8 Å². The molecule has 2 heterocycles. The van der Waals surface area contributed by atoms with E-state index < -0.39 is 17.8 Å². The summed E-state index contributed by atoms with van der Waals surface area (Å²) in [5, 5.41) is 10.5. The maximum absolute atomic E-state index is 13.0. The summed E-state index contributed by atoms with van der Waals surface area (Å²) in [5.74, 6) is 0.845. The van der Waals surface area contributed by atoms with Crippen LogP contribution in [0.3, 0.4) is 0 Å². The number of halogens is 3. The van der Waals surface area contributed by atoms with Crippen molar-refractivity contribution in [3.8, 4) is 11.1 Å². The molecule has 40 heavy (non-hydrogen) atoms. The number of carbonyl (C=O) groups is 1. The highest BCUT2D eigenvalue weighted by molar-refractivity contribution is 6.02. The van der Waals surface area contributed by atoms with Gasteiger partial charge in [-0.25, -0.2) is 14.5 Å². The van der Waals surface area contributed by atoms with Crippen molar-refractivity contribution in [3.05, 3.63) is 65.9 Å². The van der Waals surface area contributed by atoms with Gasteiger partial charge < -0.3 is 21.3 Å². The Kier molecular flexibility index (Phi) is 7.66. The lowest BCUT2D eigenvalue weighted by Crippen LogP contribution is -2.27. The standard InChI is InChI=1S/C29H32F3N7O/c1-3-38(4-2)14-15-39-27-25(26(33)37-39)23(17-24(36-27)19-8-9-19)18-10-12-21(13-11-18)34-28(40)35-22-7-5-6-20(16-22)29(30,31)32/h5-7,10-13,16-17,19H,3-4,8-9,14-15H2,1-2H3,(H2,33,37)(H2,34,35,40). The molecule has 5 rings (SSSR count). The first kappa shape index (κ1) is 27.4. The van der Waals surface area contributed by atoms with Gasteiger partial charge in [-0.2, -0.15) is 18.3 Å². The summed E-state index contributed by atoms with van der Waals surface area (Å²) in [5.41, 5.74) is 9.73. The monoisotopic (exact) mass is 551 g/mol. The number of aromatic nitrogens is 3. The minimum atomic E-state index is -4.49. The molecule has 0 atom stereocenters. The van der Waals surface area contributed by atoms with E-state index in [-0.39, 0.29) is 5.69 Å². The number of benzene rings is 2. The van der Waals surface area contributed by atoms with E-state index in [2.05, 4.69) is 40.5 Å². The van der Waals surface area contributed by atoms with Crippen LogP contribution in [-0.4, -0.2) is 45.3 Å². The third-order valence-corrected chi connectivity index (χ3v) is 7.17. The maximum atomic E-state index is 13.0. The number of nitrogens with one attached hydrogen (secondary N) is 2. The predicted molar refractivity (Wildman–Crippen MR) is 151 cm³/mol. The summed E-state index contributed by atoms with van der Waals surface area (Å²) < 4.78 is 40.8. The number of hydrogen-bond acceptors (Lipinski definition) is 5. The Morgan fingerprint density at radius 3 is 2.40 bits per heavy atom. The van der Waals surface area contributed by atoms with Gasteiger partial charge in [0.05, 0.1) is 17.5 Å². The molecule has 4 N–H and O–H groups in total. The summed E-state index contributed by atoms with van der Waals surface area (Å²) >= 11 is 0. The molecule has 1 aliphatic rings. The molecule has 11 heteroatoms. The number of hydrogen-bond donors (Lipinski definition) is 3. The van der Waals surface area contributed by atoms with Gasteiger partial charge in [0.1, 0.15) is 0 Å². The fourth-order valence-corrected chi connectivity index (χ4v) is 4.77. The number of nitrogen functional groups attached to an aromatic ring is 1. The average molecular weight is 552 g/mol. The first-order valence-electron chi connectivity index (χ1n) is 13.4. The van der Waals surface area contributed by atoms with Crippen molar-refractivity contribution < 1.29 is 18.0 Å². The molecule has 0 aliphatic heterocycles. The van der Waals surface area contributed by atoms with E-state index in [4.69, 9.17) is 10.7 Å². The molecule has 2 aromatic carbocycles. The number of anilines is 3. The zero-order valence-corrected chi connectivity index (χ0v) is 22.4. The van der Waals surface area contributed by atoms with Crippen LogP contribution in [0.5, 0.6) is 0 Å². The second kappa shape index (κ2) is 11.2. The molecule has 1 saturated carbocycles. The number of fused-ring (bicyclic) bond motifs is 1. The van der Waals surface area contributed by atoms with Crippen LogP contribution in [0, 0.1) is 0 Å². The molecule has 210 valence electrons. The van der Waals surface area contributed by atoms with Gasteiger partial charge >= 0.3 is 12.2 Å². The van der Waals surface area contributed by atoms with Gasteiger partial charge in [0.2, 0.25) is 0 Å². The quantitative estimate of drug-likeness (QED) is 0.219. The van der Waals surface area contributed by atoms with Crippen molar-refractivity contribution in [1.29, 1.82) is 0 Å². The van der Waals surface area contributed by atoms with Crippen LogP contribution in [-0.2, 0) is 12.7 Å². The zero-order chi connectivity index (χ0) is 28.4. The van der Waals surface area contributed by atoms with Gasteiger partial charge in [-0.05, 0) is 73.5 Å². The number of amides is 2. The van der Waals surface area contributed by atoms with E-state index in [0.29, 0.717) is 24.0 Å². The Morgan fingerprint density at radius 1 is 1.05 bits per heavy atom. The zero-order valence-electron chi connectivity index (χ0n) is 22.4. The Bertz CT molecular complexity index is 1510. The van der Waals surface area contributed by atoms with Crippen LogP contribution in [0.25, 0.3) is 22.2 Å². The number of nitrogens with zero attached hydrogens (tertiary/aromatic N) is 4. The van der Waals surface area contributed by atoms with Gasteiger partial charge in [0, 0.05) is 29.5 Å². The number of alkyl halides is 3. The molecule has 2 amide bonds. The lowest BCUT2D eigenvalue weighted by molar-refractivity contribution is -0.137. The molecular weight excluding hydrogens is 519 g/mol. The van der Waals surface area contributed by atoms with Gasteiger partial charge in [-0.1, -0.05) is 32.0 Å². The fraction of sp³-hybridized carbons (Fsp3) is 0.345. The van der Waals surface area contributed by atoms with Gasteiger partial charge in [0.25, 0.3) is 0 Å². The molecule has 0 saturated heterocycles. The lowest BCUT2D eigenvalue weighted by atomic mass is 10.0. The molecule has 0 bridgehead atoms. The number of urea groups is 1. The molecule has 2 aromatic heterocycles. The van der Waals surface area contributed by atoms with Gasteiger partial charge in [-0.15, -0.1) is 0 Å². The molecule has 8 nitrogen and oxygen atoms in total. The average Bonchev–Trinajstić information content (AvgIpc) is 3.73. The highest BCUT2D eigenvalue weighted by atomic mass is 19.4. The SMILES string of the molecule is CCN(CC)CCn1nc(N)c2c(-c3ccc(NC(=O)Nc4cccc(C(F)(F)F)c4)cc3)cc(C3CC3)nc21. The molecule has 1 aliphatic carbocycles. The van der Waals surface area contributed by atoms with Crippen molar-refractivity contribution in [1.82, 2.24) is 19.7 Å². The third-order valence-electron chi connectivity index (χ3n) is 7.17. The summed E-state index contributed by atoms with van der Waals surface area (Å²) in [6.07, 6.45) is -2.29. The van der Waals surface area contributed by atoms with E-state index >= 15 is 0 Å². The van der Waals surface area contributed by atoms with E-state index in [1.165, 1.54) is 12.1 Å². The Balaban J connectivity index is 1.37. The smallest absolute Gasteiger partial charge is 0.382 e. The molecule has 0 radical (unpaired) electrons. The highest BCUT2D eigenvalue weighted by Gasteiger charge is 2.30. The molecular formula is C29H32F3N7O. The number of rotatable bonds is 9. The van der Waals surface area contributed by atoms with Crippen LogP contribution in [0.2, 0.25) is 0 Å². The van der Waals surface area contributed by atoms with E-state index in [9.17, 15) is 18.0 Å². The van der Waals surface area contributed by atoms with Crippen molar-refractivity contribution in [2.75, 3.05) is 36.0 Å². The normalized spacial score (nSPS) is 13.7. The molecule has 0 spiro atoms. The third kappa shape index (κ3) is 6.04. The van der Waals surface area contributed by atoms with Crippen LogP contribution >= 0.6 is 0 Å². The van der Waals surface area contributed by atoms with Crippen molar-refractivity contribution in [2.24, 2.45) is 0 Å². The maximum Gasteiger partial charge on any atom is 0.416 e. The minimum absolute atomic E-state index is 0.0456. The second-order valence-corrected chi connectivity index (χ2v) is 9.94. The van der Waals surface area contributed by atoms with Gasteiger partial charge in [0.15, 0.2) is 11.5 Å². The van der Waals surface area contributed by atoms with Crippen LogP contribution < -0.4 is 16.4 Å². The van der Waals surface area contributed by atoms with Crippen LogP contribution in [0.15, 0.2) is 54.6 Å². The summed E-state index contributed by atoms with van der Waals surface area (Å²) in [7, 11) is 0. The van der Waals surface area contributed by atoms with E-state index in [0.717, 1.165) is 72.5 Å². The van der Waals surface area contributed by atoms with Crippen molar-refractivity contribution in [2.45, 2.75) is 45.3 Å². The van der Waals surface area contributed by atoms with E-state index in [1.54, 1.807) is 12.1 Å². The Labute approximate surface area is 230 Å². The second-order valence-electron chi connectivity index (χ2n) is 9.94. The Hall–Kier alpha value is -4.12. The lowest BCUT2D eigenvalue weighted by Gasteiger charge is -2.17. The van der Waals surface area contributed by atoms with Crippen molar-refractivity contribution in [3.63, 3.8) is 0 Å². The first-order chi connectivity index (χ1) is 19.2. The fourth-order valence-electron chi connectivity index (χ4n) is 4.77. The number of pyridine rings is 1. The molecule has 1 fully saturated rings.